The standard InChI is InChI=1S/C11H20F2N2O/c12-11(13)2-6-15(7-3-11)5-1-10-9-14-4-8-16-10/h10,14H,1-9H2. The van der Waals surface area contributed by atoms with E-state index in [0.29, 0.717) is 13.1 Å². The molecule has 1 atom stereocenters. The molecule has 16 heavy (non-hydrogen) atoms. The van der Waals surface area contributed by atoms with E-state index in [4.69, 9.17) is 4.74 Å². The van der Waals surface area contributed by atoms with Crippen LogP contribution >= 0.6 is 0 Å². The Bertz CT molecular complexity index is 210. The number of piperidine rings is 1. The summed E-state index contributed by atoms with van der Waals surface area (Å²) in [4.78, 5) is 2.12. The van der Waals surface area contributed by atoms with E-state index in [0.717, 1.165) is 32.7 Å². The van der Waals surface area contributed by atoms with E-state index in [1.54, 1.807) is 0 Å². The summed E-state index contributed by atoms with van der Waals surface area (Å²) in [5, 5.41) is 3.27. The molecule has 0 bridgehead atoms. The topological polar surface area (TPSA) is 24.5 Å². The summed E-state index contributed by atoms with van der Waals surface area (Å²) >= 11 is 0. The number of morpholine rings is 1. The fourth-order valence-corrected chi connectivity index (χ4v) is 2.24. The first-order valence-electron chi connectivity index (χ1n) is 6.08. The first kappa shape index (κ1) is 12.2. The van der Waals surface area contributed by atoms with Gasteiger partial charge >= 0.3 is 0 Å². The molecule has 2 rings (SSSR count). The third-order valence-corrected chi connectivity index (χ3v) is 3.36. The molecule has 0 aromatic carbocycles. The molecule has 3 nitrogen and oxygen atoms in total. The van der Waals surface area contributed by atoms with Gasteiger partial charge in [-0.15, -0.1) is 0 Å². The summed E-state index contributed by atoms with van der Waals surface area (Å²) in [7, 11) is 0. The van der Waals surface area contributed by atoms with Gasteiger partial charge in [0.05, 0.1) is 12.7 Å². The van der Waals surface area contributed by atoms with Crippen molar-refractivity contribution in [2.24, 2.45) is 0 Å². The third kappa shape index (κ3) is 3.64. The van der Waals surface area contributed by atoms with E-state index in [9.17, 15) is 8.78 Å². The zero-order valence-electron chi connectivity index (χ0n) is 9.55. The molecule has 1 unspecified atom stereocenters. The van der Waals surface area contributed by atoms with Crippen LogP contribution in [0.2, 0.25) is 0 Å². The van der Waals surface area contributed by atoms with Crippen molar-refractivity contribution in [1.29, 1.82) is 0 Å². The Labute approximate surface area is 95.1 Å². The Morgan fingerprint density at radius 1 is 1.31 bits per heavy atom. The molecule has 0 radical (unpaired) electrons. The van der Waals surface area contributed by atoms with Crippen molar-refractivity contribution in [3.8, 4) is 0 Å². The Kier molecular flexibility index (Phi) is 4.10. The van der Waals surface area contributed by atoms with Gasteiger partial charge in [-0.25, -0.2) is 8.78 Å². The van der Waals surface area contributed by atoms with Crippen LogP contribution in [-0.2, 0) is 4.74 Å². The predicted molar refractivity (Wildman–Crippen MR) is 57.8 cm³/mol. The van der Waals surface area contributed by atoms with E-state index >= 15 is 0 Å². The molecular weight excluding hydrogens is 214 g/mol. The van der Waals surface area contributed by atoms with E-state index in [-0.39, 0.29) is 18.9 Å². The summed E-state index contributed by atoms with van der Waals surface area (Å²) in [6, 6.07) is 0. The molecule has 0 saturated carbocycles. The van der Waals surface area contributed by atoms with Gasteiger partial charge in [-0.1, -0.05) is 0 Å². The third-order valence-electron chi connectivity index (χ3n) is 3.36. The lowest BCUT2D eigenvalue weighted by Crippen LogP contribution is -2.43. The van der Waals surface area contributed by atoms with E-state index < -0.39 is 5.92 Å². The number of hydrogen-bond acceptors (Lipinski definition) is 3. The van der Waals surface area contributed by atoms with Gasteiger partial charge in [0.25, 0.3) is 5.92 Å². The molecule has 2 aliphatic heterocycles. The fourth-order valence-electron chi connectivity index (χ4n) is 2.24. The zero-order chi connectivity index (χ0) is 11.4. The van der Waals surface area contributed by atoms with Gasteiger partial charge in [-0.05, 0) is 6.42 Å². The van der Waals surface area contributed by atoms with Gasteiger partial charge in [0.2, 0.25) is 0 Å². The molecular formula is C11H20F2N2O. The highest BCUT2D eigenvalue weighted by Gasteiger charge is 2.33. The molecule has 0 amide bonds. The zero-order valence-corrected chi connectivity index (χ0v) is 9.55. The van der Waals surface area contributed by atoms with Crippen LogP contribution in [0.15, 0.2) is 0 Å². The van der Waals surface area contributed by atoms with E-state index in [1.165, 1.54) is 0 Å². The van der Waals surface area contributed by atoms with E-state index in [2.05, 4.69) is 10.2 Å². The average molecular weight is 234 g/mol. The van der Waals surface area contributed by atoms with Crippen molar-refractivity contribution in [3.63, 3.8) is 0 Å². The quantitative estimate of drug-likeness (QED) is 0.791. The Hall–Kier alpha value is -0.260. The number of alkyl halides is 2. The van der Waals surface area contributed by atoms with Gasteiger partial charge in [-0.3, -0.25) is 0 Å². The van der Waals surface area contributed by atoms with Gasteiger partial charge < -0.3 is 15.0 Å². The van der Waals surface area contributed by atoms with Crippen molar-refractivity contribution in [2.45, 2.75) is 31.3 Å². The van der Waals surface area contributed by atoms with Crippen LogP contribution in [0.3, 0.4) is 0 Å². The largest absolute Gasteiger partial charge is 0.376 e. The second kappa shape index (κ2) is 5.38. The summed E-state index contributed by atoms with van der Waals surface area (Å²) in [5.41, 5.74) is 0. The molecule has 2 aliphatic rings. The minimum atomic E-state index is -2.43. The number of nitrogens with zero attached hydrogens (tertiary/aromatic N) is 1. The van der Waals surface area contributed by atoms with Gasteiger partial charge in [0.1, 0.15) is 0 Å². The molecule has 1 N–H and O–H groups in total. The van der Waals surface area contributed by atoms with Gasteiger partial charge in [-0.2, -0.15) is 0 Å². The number of hydrogen-bond donors (Lipinski definition) is 1. The van der Waals surface area contributed by atoms with Crippen molar-refractivity contribution < 1.29 is 13.5 Å². The number of ether oxygens (including phenoxy) is 1. The minimum absolute atomic E-state index is 0.0107. The van der Waals surface area contributed by atoms with Crippen molar-refractivity contribution in [2.75, 3.05) is 39.3 Å². The molecule has 2 saturated heterocycles. The normalized spacial score (nSPS) is 31.5. The Morgan fingerprint density at radius 2 is 2.06 bits per heavy atom. The molecule has 0 aromatic rings. The SMILES string of the molecule is FC1(F)CCN(CCC2CNCCO2)CC1. The average Bonchev–Trinajstić information content (AvgIpc) is 2.29. The van der Waals surface area contributed by atoms with Crippen LogP contribution in [0.4, 0.5) is 8.78 Å². The first-order valence-corrected chi connectivity index (χ1v) is 6.08. The number of halogens is 2. The summed E-state index contributed by atoms with van der Waals surface area (Å²) in [5.74, 6) is -2.43. The summed E-state index contributed by atoms with van der Waals surface area (Å²) in [6.07, 6.45) is 1.22. The molecule has 5 heteroatoms. The maximum Gasteiger partial charge on any atom is 0.250 e. The van der Waals surface area contributed by atoms with Gasteiger partial charge in [0.15, 0.2) is 0 Å². The predicted octanol–water partition coefficient (Wildman–Crippen LogP) is 1.10. The molecule has 94 valence electrons. The van der Waals surface area contributed by atoms with Crippen molar-refractivity contribution >= 4 is 0 Å². The highest BCUT2D eigenvalue weighted by molar-refractivity contribution is 4.78. The van der Waals surface area contributed by atoms with Crippen LogP contribution in [0.1, 0.15) is 19.3 Å². The monoisotopic (exact) mass is 234 g/mol. The maximum atomic E-state index is 12.9. The second-order valence-corrected chi connectivity index (χ2v) is 4.68. The van der Waals surface area contributed by atoms with Crippen molar-refractivity contribution in [1.82, 2.24) is 10.2 Å². The lowest BCUT2D eigenvalue weighted by atomic mass is 10.1. The first-order chi connectivity index (χ1) is 7.66. The van der Waals surface area contributed by atoms with Crippen LogP contribution in [0.25, 0.3) is 0 Å². The van der Waals surface area contributed by atoms with Crippen LogP contribution < -0.4 is 5.32 Å². The Morgan fingerprint density at radius 3 is 2.69 bits per heavy atom. The minimum Gasteiger partial charge on any atom is -0.376 e. The van der Waals surface area contributed by atoms with Gasteiger partial charge in [0, 0.05) is 45.6 Å². The molecule has 2 heterocycles. The molecule has 0 aromatic heterocycles. The summed E-state index contributed by atoms with van der Waals surface area (Å²) in [6.45, 7) is 4.50. The van der Waals surface area contributed by atoms with Crippen LogP contribution in [-0.4, -0.2) is 56.3 Å². The maximum absolute atomic E-state index is 12.9. The lowest BCUT2D eigenvalue weighted by molar-refractivity contribution is -0.0585. The van der Waals surface area contributed by atoms with Crippen LogP contribution in [0, 0.1) is 0 Å². The molecule has 2 fully saturated rings. The smallest absolute Gasteiger partial charge is 0.250 e. The number of rotatable bonds is 3. The highest BCUT2D eigenvalue weighted by Crippen LogP contribution is 2.27. The molecule has 0 spiro atoms. The van der Waals surface area contributed by atoms with Crippen molar-refractivity contribution in [3.05, 3.63) is 0 Å². The lowest BCUT2D eigenvalue weighted by Gasteiger charge is -2.33. The summed E-state index contributed by atoms with van der Waals surface area (Å²) < 4.78 is 31.4. The highest BCUT2D eigenvalue weighted by atomic mass is 19.3. The fraction of sp³-hybridized carbons (Fsp3) is 1.00. The van der Waals surface area contributed by atoms with E-state index in [1.807, 2.05) is 0 Å². The number of likely N-dealkylation sites (tertiary alicyclic amines) is 1. The second-order valence-electron chi connectivity index (χ2n) is 4.68. The molecule has 0 aliphatic carbocycles. The Balaban J connectivity index is 1.63. The number of nitrogens with one attached hydrogen (secondary N) is 1. The van der Waals surface area contributed by atoms with Crippen LogP contribution in [0.5, 0.6) is 0 Å².